The van der Waals surface area contributed by atoms with Gasteiger partial charge in [0.15, 0.2) is 0 Å². The van der Waals surface area contributed by atoms with Crippen LogP contribution in [0.15, 0.2) is 30.3 Å². The summed E-state index contributed by atoms with van der Waals surface area (Å²) in [5.74, 6) is -2.03. The number of para-hydroxylation sites is 1. The first-order valence-corrected chi connectivity index (χ1v) is 12.1. The first-order valence-electron chi connectivity index (χ1n) is 12.1. The number of amides is 2. The Kier molecular flexibility index (Phi) is 7.53. The van der Waals surface area contributed by atoms with Crippen LogP contribution in [0.4, 0.5) is 5.69 Å². The molecule has 180 valence electrons. The first kappa shape index (κ1) is 23.5. The van der Waals surface area contributed by atoms with Crippen LogP contribution in [0.5, 0.6) is 0 Å². The minimum atomic E-state index is -0.907. The van der Waals surface area contributed by atoms with Crippen LogP contribution < -0.4 is 4.90 Å². The van der Waals surface area contributed by atoms with Crippen molar-refractivity contribution < 1.29 is 24.2 Å². The lowest BCUT2D eigenvalue weighted by Gasteiger charge is -2.41. The molecular formula is C25H35N3O5. The summed E-state index contributed by atoms with van der Waals surface area (Å²) >= 11 is 0. The average molecular weight is 458 g/mol. The van der Waals surface area contributed by atoms with Gasteiger partial charge in [-0.25, -0.2) is 0 Å². The lowest BCUT2D eigenvalue weighted by atomic mass is 9.76. The number of carboxylic acid groups (broad SMARTS) is 1. The summed E-state index contributed by atoms with van der Waals surface area (Å²) in [6.07, 6.45) is 3.10. The molecule has 1 aromatic carbocycles. The normalized spacial score (nSPS) is 26.8. The van der Waals surface area contributed by atoms with Crippen LogP contribution in [0.1, 0.15) is 39.0 Å². The molecule has 1 saturated carbocycles. The van der Waals surface area contributed by atoms with E-state index in [9.17, 15) is 19.5 Å². The Morgan fingerprint density at radius 2 is 1.48 bits per heavy atom. The zero-order valence-corrected chi connectivity index (χ0v) is 19.4. The summed E-state index contributed by atoms with van der Waals surface area (Å²) in [7, 11) is 0. The van der Waals surface area contributed by atoms with Gasteiger partial charge < -0.3 is 24.5 Å². The number of hydrogen-bond acceptors (Lipinski definition) is 5. The van der Waals surface area contributed by atoms with Crippen molar-refractivity contribution in [3.8, 4) is 0 Å². The summed E-state index contributed by atoms with van der Waals surface area (Å²) in [6.45, 7) is 5.70. The van der Waals surface area contributed by atoms with E-state index in [1.54, 1.807) is 6.92 Å². The predicted octanol–water partition coefficient (Wildman–Crippen LogP) is 2.23. The highest BCUT2D eigenvalue weighted by Gasteiger charge is 2.42. The van der Waals surface area contributed by atoms with Gasteiger partial charge in [-0.3, -0.25) is 14.4 Å². The fraction of sp³-hybridized carbons (Fsp3) is 0.640. The molecule has 3 atom stereocenters. The van der Waals surface area contributed by atoms with Crippen molar-refractivity contribution in [2.45, 2.75) is 51.2 Å². The number of piperazine rings is 1. The maximum atomic E-state index is 13.3. The number of carbonyl (C=O) groups excluding carboxylic acids is 2. The maximum absolute atomic E-state index is 13.3. The molecule has 2 amide bonds. The molecule has 33 heavy (non-hydrogen) atoms. The minimum Gasteiger partial charge on any atom is -0.481 e. The van der Waals surface area contributed by atoms with Gasteiger partial charge in [-0.15, -0.1) is 0 Å². The molecule has 2 heterocycles. The molecule has 1 aliphatic carbocycles. The first-order chi connectivity index (χ1) is 15.9. The van der Waals surface area contributed by atoms with Crippen LogP contribution in [-0.2, 0) is 19.1 Å². The number of likely N-dealkylation sites (tertiary alicyclic amines) is 1. The predicted molar refractivity (Wildman–Crippen MR) is 124 cm³/mol. The third-order valence-electron chi connectivity index (χ3n) is 7.42. The van der Waals surface area contributed by atoms with Gasteiger partial charge in [0.2, 0.25) is 11.8 Å². The Labute approximate surface area is 195 Å². The third-order valence-corrected chi connectivity index (χ3v) is 7.42. The number of carboxylic acids is 1. The number of nitrogens with zero attached hydrogens (tertiary/aromatic N) is 3. The van der Waals surface area contributed by atoms with E-state index in [0.717, 1.165) is 31.6 Å². The topological polar surface area (TPSA) is 90.4 Å². The van der Waals surface area contributed by atoms with Gasteiger partial charge in [-0.1, -0.05) is 18.2 Å². The van der Waals surface area contributed by atoms with E-state index in [2.05, 4.69) is 17.0 Å². The standard InChI is InChI=1S/C25H35N3O5/c1-18(29)26-11-9-20(10-12-26)33-21-7-8-22(23(17-21)25(31)32)24(30)28-15-13-27(14-16-28)19-5-3-2-4-6-19/h2-6,20-23H,7-17H2,1H3,(H,31,32)/t21-,22+,23+/m1/s1. The summed E-state index contributed by atoms with van der Waals surface area (Å²) in [4.78, 5) is 42.8. The van der Waals surface area contributed by atoms with Gasteiger partial charge in [-0.2, -0.15) is 0 Å². The molecule has 2 aliphatic heterocycles. The molecule has 4 rings (SSSR count). The Morgan fingerprint density at radius 3 is 2.09 bits per heavy atom. The highest BCUT2D eigenvalue weighted by molar-refractivity contribution is 5.85. The number of aliphatic carboxylic acids is 1. The monoisotopic (exact) mass is 457 g/mol. The molecule has 2 saturated heterocycles. The molecule has 0 unspecified atom stereocenters. The van der Waals surface area contributed by atoms with Gasteiger partial charge >= 0.3 is 5.97 Å². The highest BCUT2D eigenvalue weighted by atomic mass is 16.5. The van der Waals surface area contributed by atoms with E-state index in [4.69, 9.17) is 4.74 Å². The van der Waals surface area contributed by atoms with E-state index >= 15 is 0 Å². The van der Waals surface area contributed by atoms with Crippen LogP contribution in [0.3, 0.4) is 0 Å². The molecule has 0 radical (unpaired) electrons. The minimum absolute atomic E-state index is 0.0247. The van der Waals surface area contributed by atoms with E-state index in [1.165, 1.54) is 0 Å². The van der Waals surface area contributed by atoms with Crippen LogP contribution in [0.2, 0.25) is 0 Å². The highest BCUT2D eigenvalue weighted by Crippen LogP contribution is 2.35. The van der Waals surface area contributed by atoms with Crippen molar-refractivity contribution in [3.63, 3.8) is 0 Å². The molecule has 3 aliphatic rings. The Balaban J connectivity index is 1.29. The molecule has 1 aromatic rings. The number of ether oxygens (including phenoxy) is 1. The number of benzene rings is 1. The van der Waals surface area contributed by atoms with Gasteiger partial charge in [0.1, 0.15) is 0 Å². The number of piperidine rings is 1. The molecule has 8 heteroatoms. The van der Waals surface area contributed by atoms with Crippen LogP contribution in [-0.4, -0.2) is 84.2 Å². The van der Waals surface area contributed by atoms with Crippen molar-refractivity contribution in [3.05, 3.63) is 30.3 Å². The largest absolute Gasteiger partial charge is 0.481 e. The van der Waals surface area contributed by atoms with Crippen LogP contribution >= 0.6 is 0 Å². The third kappa shape index (κ3) is 5.66. The van der Waals surface area contributed by atoms with Gasteiger partial charge in [0, 0.05) is 51.9 Å². The lowest BCUT2D eigenvalue weighted by molar-refractivity contribution is -0.158. The summed E-state index contributed by atoms with van der Waals surface area (Å²) < 4.78 is 6.24. The fourth-order valence-electron chi connectivity index (χ4n) is 5.46. The van der Waals surface area contributed by atoms with Crippen LogP contribution in [0, 0.1) is 11.8 Å². The van der Waals surface area contributed by atoms with Crippen molar-refractivity contribution in [2.24, 2.45) is 11.8 Å². The quantitative estimate of drug-likeness (QED) is 0.729. The van der Waals surface area contributed by atoms with E-state index in [1.807, 2.05) is 28.0 Å². The Bertz CT molecular complexity index is 832. The maximum Gasteiger partial charge on any atom is 0.307 e. The summed E-state index contributed by atoms with van der Waals surface area (Å²) in [5, 5.41) is 9.89. The van der Waals surface area contributed by atoms with Crippen molar-refractivity contribution >= 4 is 23.5 Å². The zero-order valence-electron chi connectivity index (χ0n) is 19.4. The molecule has 8 nitrogen and oxygen atoms in total. The Hall–Kier alpha value is -2.61. The fourth-order valence-corrected chi connectivity index (χ4v) is 5.46. The second-order valence-corrected chi connectivity index (χ2v) is 9.48. The molecule has 3 fully saturated rings. The number of hydrogen-bond donors (Lipinski definition) is 1. The SMILES string of the molecule is CC(=O)N1CCC(O[C@@H]2CC[C@H](C(=O)N3CCN(c4ccccc4)CC3)[C@@H](C(=O)O)C2)CC1. The molecule has 1 N–H and O–H groups in total. The van der Waals surface area contributed by atoms with Crippen molar-refractivity contribution in [2.75, 3.05) is 44.2 Å². The van der Waals surface area contributed by atoms with Gasteiger partial charge in [0.05, 0.1) is 24.0 Å². The van der Waals surface area contributed by atoms with Gasteiger partial charge in [0.25, 0.3) is 0 Å². The lowest BCUT2D eigenvalue weighted by Crippen LogP contribution is -2.53. The van der Waals surface area contributed by atoms with Gasteiger partial charge in [-0.05, 0) is 44.2 Å². The second kappa shape index (κ2) is 10.5. The zero-order chi connectivity index (χ0) is 23.4. The number of anilines is 1. The van der Waals surface area contributed by atoms with E-state index in [0.29, 0.717) is 45.4 Å². The van der Waals surface area contributed by atoms with Crippen molar-refractivity contribution in [1.29, 1.82) is 0 Å². The molecule has 0 spiro atoms. The smallest absolute Gasteiger partial charge is 0.307 e. The number of rotatable bonds is 5. The summed E-state index contributed by atoms with van der Waals surface area (Å²) in [5.41, 5.74) is 1.15. The summed E-state index contributed by atoms with van der Waals surface area (Å²) in [6, 6.07) is 10.2. The Morgan fingerprint density at radius 1 is 0.818 bits per heavy atom. The molecular weight excluding hydrogens is 422 g/mol. The van der Waals surface area contributed by atoms with Crippen LogP contribution in [0.25, 0.3) is 0 Å². The molecule has 0 aromatic heterocycles. The molecule has 0 bridgehead atoms. The van der Waals surface area contributed by atoms with Crippen molar-refractivity contribution in [1.82, 2.24) is 9.80 Å². The van der Waals surface area contributed by atoms with E-state index < -0.39 is 17.8 Å². The second-order valence-electron chi connectivity index (χ2n) is 9.48. The number of carbonyl (C=O) groups is 3. The average Bonchev–Trinajstić information content (AvgIpc) is 2.84. The van der Waals surface area contributed by atoms with E-state index in [-0.39, 0.29) is 24.0 Å².